The first-order chi connectivity index (χ1) is 11.2. The molecule has 1 aromatic heterocycles. The Labute approximate surface area is 133 Å². The highest BCUT2D eigenvalue weighted by atomic mass is 16.1. The molecule has 1 aliphatic rings. The minimum absolute atomic E-state index is 0.128. The van der Waals surface area contributed by atoms with Gasteiger partial charge in [-0.25, -0.2) is 4.98 Å². The number of benzene rings is 2. The molecule has 1 fully saturated rings. The Morgan fingerprint density at radius 2 is 1.96 bits per heavy atom. The second-order valence-electron chi connectivity index (χ2n) is 6.06. The van der Waals surface area contributed by atoms with Gasteiger partial charge in [0.05, 0.1) is 11.0 Å². The van der Waals surface area contributed by atoms with E-state index in [1.807, 2.05) is 42.5 Å². The van der Waals surface area contributed by atoms with Crippen LogP contribution in [-0.2, 0) is 4.79 Å². The number of rotatable bonds is 3. The van der Waals surface area contributed by atoms with E-state index >= 15 is 0 Å². The number of amides is 1. The van der Waals surface area contributed by atoms with Gasteiger partial charge in [0, 0.05) is 22.9 Å². The standard InChI is InChI=1S/C18H18N4O/c19-13-6-9-15-16(10-13)22-17(21-15)11-4-7-14(8-5-11)20-18(23)12-2-1-3-12/h4-10,12H,1-3,19H2,(H,20,23)(H,21,22). The number of imidazole rings is 1. The smallest absolute Gasteiger partial charge is 0.227 e. The van der Waals surface area contributed by atoms with Gasteiger partial charge in [-0.1, -0.05) is 6.42 Å². The Kier molecular flexibility index (Phi) is 3.26. The molecule has 5 nitrogen and oxygen atoms in total. The molecule has 1 saturated carbocycles. The van der Waals surface area contributed by atoms with Crippen LogP contribution >= 0.6 is 0 Å². The Hall–Kier alpha value is -2.82. The first-order valence-corrected chi connectivity index (χ1v) is 7.85. The second kappa shape index (κ2) is 5.43. The summed E-state index contributed by atoms with van der Waals surface area (Å²) < 4.78 is 0. The lowest BCUT2D eigenvalue weighted by Crippen LogP contribution is -2.27. The van der Waals surface area contributed by atoms with Gasteiger partial charge in [0.1, 0.15) is 5.82 Å². The van der Waals surface area contributed by atoms with Crippen LogP contribution in [0.4, 0.5) is 11.4 Å². The Balaban J connectivity index is 1.55. The zero-order chi connectivity index (χ0) is 15.8. The van der Waals surface area contributed by atoms with E-state index < -0.39 is 0 Å². The van der Waals surface area contributed by atoms with E-state index in [4.69, 9.17) is 5.73 Å². The number of carbonyl (C=O) groups is 1. The first-order valence-electron chi connectivity index (χ1n) is 7.85. The van der Waals surface area contributed by atoms with Gasteiger partial charge in [-0.2, -0.15) is 0 Å². The third-order valence-electron chi connectivity index (χ3n) is 4.41. The summed E-state index contributed by atoms with van der Waals surface area (Å²) in [7, 11) is 0. The quantitative estimate of drug-likeness (QED) is 0.647. The molecule has 0 bridgehead atoms. The summed E-state index contributed by atoms with van der Waals surface area (Å²) in [4.78, 5) is 19.8. The van der Waals surface area contributed by atoms with Crippen molar-refractivity contribution in [1.82, 2.24) is 9.97 Å². The zero-order valence-corrected chi connectivity index (χ0v) is 12.7. The predicted octanol–water partition coefficient (Wildman–Crippen LogP) is 3.55. The van der Waals surface area contributed by atoms with Crippen molar-refractivity contribution in [2.45, 2.75) is 19.3 Å². The molecule has 0 radical (unpaired) electrons. The number of anilines is 2. The molecule has 1 heterocycles. The number of H-pyrrole nitrogens is 1. The summed E-state index contributed by atoms with van der Waals surface area (Å²) in [5.41, 5.74) is 10.1. The maximum atomic E-state index is 12.0. The average molecular weight is 306 g/mol. The molecule has 2 aromatic carbocycles. The van der Waals surface area contributed by atoms with Crippen LogP contribution < -0.4 is 11.1 Å². The molecule has 1 amide bonds. The normalized spacial score (nSPS) is 14.6. The van der Waals surface area contributed by atoms with Crippen LogP contribution in [0.2, 0.25) is 0 Å². The Bertz CT molecular complexity index is 862. The number of nitrogen functional groups attached to an aromatic ring is 1. The molecule has 0 saturated heterocycles. The second-order valence-corrected chi connectivity index (χ2v) is 6.06. The van der Waals surface area contributed by atoms with Crippen LogP contribution in [0.3, 0.4) is 0 Å². The van der Waals surface area contributed by atoms with Crippen molar-refractivity contribution in [2.75, 3.05) is 11.1 Å². The monoisotopic (exact) mass is 306 g/mol. The summed E-state index contributed by atoms with van der Waals surface area (Å²) >= 11 is 0. The zero-order valence-electron chi connectivity index (χ0n) is 12.7. The summed E-state index contributed by atoms with van der Waals surface area (Å²) in [6, 6.07) is 13.3. The largest absolute Gasteiger partial charge is 0.399 e. The SMILES string of the molecule is Nc1ccc2nc(-c3ccc(NC(=O)C4CCC4)cc3)[nH]c2c1. The Morgan fingerprint density at radius 3 is 2.65 bits per heavy atom. The Morgan fingerprint density at radius 1 is 1.17 bits per heavy atom. The van der Waals surface area contributed by atoms with Crippen molar-refractivity contribution in [3.05, 3.63) is 42.5 Å². The van der Waals surface area contributed by atoms with Gasteiger partial charge in [-0.3, -0.25) is 4.79 Å². The maximum Gasteiger partial charge on any atom is 0.227 e. The number of hydrogen-bond acceptors (Lipinski definition) is 3. The number of hydrogen-bond donors (Lipinski definition) is 3. The minimum Gasteiger partial charge on any atom is -0.399 e. The molecule has 23 heavy (non-hydrogen) atoms. The number of fused-ring (bicyclic) bond motifs is 1. The summed E-state index contributed by atoms with van der Waals surface area (Å²) in [5.74, 6) is 1.11. The van der Waals surface area contributed by atoms with Gasteiger partial charge < -0.3 is 16.0 Å². The van der Waals surface area contributed by atoms with Crippen molar-refractivity contribution in [2.24, 2.45) is 5.92 Å². The number of carbonyl (C=O) groups excluding carboxylic acids is 1. The van der Waals surface area contributed by atoms with Crippen molar-refractivity contribution in [3.8, 4) is 11.4 Å². The van der Waals surface area contributed by atoms with Gasteiger partial charge in [-0.05, 0) is 55.3 Å². The summed E-state index contributed by atoms with van der Waals surface area (Å²) in [6.45, 7) is 0. The van der Waals surface area contributed by atoms with Crippen LogP contribution in [0.15, 0.2) is 42.5 Å². The molecule has 116 valence electrons. The molecule has 5 heteroatoms. The van der Waals surface area contributed by atoms with Crippen molar-refractivity contribution >= 4 is 28.3 Å². The molecule has 3 aromatic rings. The fraction of sp³-hybridized carbons (Fsp3) is 0.222. The minimum atomic E-state index is 0.128. The van der Waals surface area contributed by atoms with E-state index in [9.17, 15) is 4.79 Å². The van der Waals surface area contributed by atoms with E-state index in [0.717, 1.165) is 47.4 Å². The van der Waals surface area contributed by atoms with E-state index in [-0.39, 0.29) is 11.8 Å². The summed E-state index contributed by atoms with van der Waals surface area (Å²) in [5, 5.41) is 2.97. The number of nitrogens with two attached hydrogens (primary N) is 1. The highest BCUT2D eigenvalue weighted by Gasteiger charge is 2.25. The molecular formula is C18H18N4O. The fourth-order valence-electron chi connectivity index (χ4n) is 2.79. The van der Waals surface area contributed by atoms with Crippen molar-refractivity contribution < 1.29 is 4.79 Å². The highest BCUT2D eigenvalue weighted by molar-refractivity contribution is 5.93. The van der Waals surface area contributed by atoms with E-state index in [2.05, 4.69) is 15.3 Å². The third-order valence-corrected chi connectivity index (χ3v) is 4.41. The van der Waals surface area contributed by atoms with Gasteiger partial charge >= 0.3 is 0 Å². The lowest BCUT2D eigenvalue weighted by molar-refractivity contribution is -0.122. The van der Waals surface area contributed by atoms with Gasteiger partial charge in [-0.15, -0.1) is 0 Å². The van der Waals surface area contributed by atoms with E-state index in [1.54, 1.807) is 0 Å². The number of aromatic nitrogens is 2. The highest BCUT2D eigenvalue weighted by Crippen LogP contribution is 2.28. The number of nitrogens with zero attached hydrogens (tertiary/aromatic N) is 1. The van der Waals surface area contributed by atoms with Crippen LogP contribution in [0.1, 0.15) is 19.3 Å². The van der Waals surface area contributed by atoms with E-state index in [0.29, 0.717) is 5.69 Å². The molecular weight excluding hydrogens is 288 g/mol. The molecule has 4 N–H and O–H groups in total. The van der Waals surface area contributed by atoms with Crippen LogP contribution in [0.25, 0.3) is 22.4 Å². The lowest BCUT2D eigenvalue weighted by atomic mass is 9.85. The van der Waals surface area contributed by atoms with Gasteiger partial charge in [0.25, 0.3) is 0 Å². The predicted molar refractivity (Wildman–Crippen MR) is 91.9 cm³/mol. The molecule has 4 rings (SSSR count). The van der Waals surface area contributed by atoms with Crippen LogP contribution in [0, 0.1) is 5.92 Å². The maximum absolute atomic E-state index is 12.0. The molecule has 0 unspecified atom stereocenters. The molecule has 1 aliphatic carbocycles. The average Bonchev–Trinajstić information content (AvgIpc) is 2.89. The fourth-order valence-corrected chi connectivity index (χ4v) is 2.79. The number of nitrogens with one attached hydrogen (secondary N) is 2. The van der Waals surface area contributed by atoms with Crippen LogP contribution in [0.5, 0.6) is 0 Å². The summed E-state index contributed by atoms with van der Waals surface area (Å²) in [6.07, 6.45) is 3.17. The number of aromatic amines is 1. The first kappa shape index (κ1) is 13.8. The van der Waals surface area contributed by atoms with Gasteiger partial charge in [0.2, 0.25) is 5.91 Å². The molecule has 0 atom stereocenters. The van der Waals surface area contributed by atoms with Crippen molar-refractivity contribution in [1.29, 1.82) is 0 Å². The van der Waals surface area contributed by atoms with Crippen molar-refractivity contribution in [3.63, 3.8) is 0 Å². The third kappa shape index (κ3) is 2.65. The van der Waals surface area contributed by atoms with E-state index in [1.165, 1.54) is 0 Å². The topological polar surface area (TPSA) is 83.8 Å². The van der Waals surface area contributed by atoms with Crippen LogP contribution in [-0.4, -0.2) is 15.9 Å². The van der Waals surface area contributed by atoms with Gasteiger partial charge in [0.15, 0.2) is 0 Å². The lowest BCUT2D eigenvalue weighted by Gasteiger charge is -2.24. The molecule has 0 spiro atoms. The molecule has 0 aliphatic heterocycles.